The summed E-state index contributed by atoms with van der Waals surface area (Å²) in [7, 11) is 0. The average molecular weight is 357 g/mol. The Morgan fingerprint density at radius 1 is 1.28 bits per heavy atom. The van der Waals surface area contributed by atoms with Gasteiger partial charge in [-0.15, -0.1) is 11.3 Å². The zero-order chi connectivity index (χ0) is 17.5. The van der Waals surface area contributed by atoms with Gasteiger partial charge in [-0.25, -0.2) is 0 Å². The molecule has 3 rings (SSSR count). The lowest BCUT2D eigenvalue weighted by atomic mass is 10.2. The first-order valence-corrected chi connectivity index (χ1v) is 8.96. The van der Waals surface area contributed by atoms with Gasteiger partial charge in [0.15, 0.2) is 0 Å². The molecule has 0 aliphatic rings. The van der Waals surface area contributed by atoms with Gasteiger partial charge in [0.25, 0.3) is 0 Å². The Kier molecular flexibility index (Phi) is 5.92. The Morgan fingerprint density at radius 2 is 2.16 bits per heavy atom. The van der Waals surface area contributed by atoms with Crippen molar-refractivity contribution in [3.05, 3.63) is 53.2 Å². The summed E-state index contributed by atoms with van der Waals surface area (Å²) in [5, 5.41) is 8.82. The number of aryl methyl sites for hydroxylation is 1. The van der Waals surface area contributed by atoms with Crippen molar-refractivity contribution < 1.29 is 14.1 Å². The highest BCUT2D eigenvalue weighted by atomic mass is 32.1. The molecule has 2 aromatic heterocycles. The van der Waals surface area contributed by atoms with Crippen LogP contribution >= 0.6 is 11.3 Å². The summed E-state index contributed by atoms with van der Waals surface area (Å²) in [5.41, 5.74) is 1.72. The Hall–Kier alpha value is -2.51. The number of thiophene rings is 1. The molecule has 0 saturated carbocycles. The van der Waals surface area contributed by atoms with Gasteiger partial charge in [-0.3, -0.25) is 4.79 Å². The lowest BCUT2D eigenvalue weighted by molar-refractivity contribution is -0.116. The molecule has 0 aliphatic heterocycles. The van der Waals surface area contributed by atoms with E-state index < -0.39 is 0 Å². The molecule has 1 aromatic carbocycles. The molecule has 0 fully saturated rings. The standard InChI is InChI=1S/C18H19N3O3S/c1-2-23-12-13-6-3-4-7-14(13)19-16(22)9-10-17-20-18(21-24-17)15-8-5-11-25-15/h3-8,11H,2,9-10,12H2,1H3,(H,19,22). The molecule has 130 valence electrons. The highest BCUT2D eigenvalue weighted by Crippen LogP contribution is 2.21. The van der Waals surface area contributed by atoms with Crippen molar-refractivity contribution in [1.82, 2.24) is 10.1 Å². The topological polar surface area (TPSA) is 77.2 Å². The van der Waals surface area contributed by atoms with Crippen molar-refractivity contribution in [1.29, 1.82) is 0 Å². The number of anilines is 1. The molecular weight excluding hydrogens is 338 g/mol. The highest BCUT2D eigenvalue weighted by molar-refractivity contribution is 7.13. The third-order valence-electron chi connectivity index (χ3n) is 3.53. The second kappa shape index (κ2) is 8.55. The number of carbonyl (C=O) groups excluding carboxylic acids is 1. The molecule has 1 amide bonds. The monoisotopic (exact) mass is 357 g/mol. The van der Waals surface area contributed by atoms with Gasteiger partial charge in [-0.05, 0) is 24.4 Å². The number of benzene rings is 1. The zero-order valence-electron chi connectivity index (χ0n) is 13.9. The molecule has 0 unspecified atom stereocenters. The maximum absolute atomic E-state index is 12.2. The molecule has 0 aliphatic carbocycles. The number of ether oxygens (including phenoxy) is 1. The summed E-state index contributed by atoms with van der Waals surface area (Å²) in [5.74, 6) is 0.924. The largest absolute Gasteiger partial charge is 0.377 e. The van der Waals surface area contributed by atoms with Gasteiger partial charge < -0.3 is 14.6 Å². The molecule has 1 N–H and O–H groups in total. The van der Waals surface area contributed by atoms with Crippen molar-refractivity contribution in [2.24, 2.45) is 0 Å². The predicted molar refractivity (Wildman–Crippen MR) is 96.3 cm³/mol. The van der Waals surface area contributed by atoms with Crippen molar-refractivity contribution in [3.63, 3.8) is 0 Å². The summed E-state index contributed by atoms with van der Waals surface area (Å²) in [6.07, 6.45) is 0.673. The lowest BCUT2D eigenvalue weighted by Gasteiger charge is -2.10. The highest BCUT2D eigenvalue weighted by Gasteiger charge is 2.12. The van der Waals surface area contributed by atoms with Crippen LogP contribution in [0.2, 0.25) is 0 Å². The molecule has 2 heterocycles. The van der Waals surface area contributed by atoms with Crippen LogP contribution in [0, 0.1) is 0 Å². The summed E-state index contributed by atoms with van der Waals surface area (Å²) in [6.45, 7) is 3.04. The van der Waals surface area contributed by atoms with Crippen LogP contribution in [0.3, 0.4) is 0 Å². The van der Waals surface area contributed by atoms with Crippen LogP contribution in [0.4, 0.5) is 5.69 Å². The first-order valence-electron chi connectivity index (χ1n) is 8.08. The Balaban J connectivity index is 1.55. The minimum absolute atomic E-state index is 0.0974. The van der Waals surface area contributed by atoms with Gasteiger partial charge in [0.05, 0.1) is 11.5 Å². The fraction of sp³-hybridized carbons (Fsp3) is 0.278. The first-order chi connectivity index (χ1) is 12.3. The molecule has 25 heavy (non-hydrogen) atoms. The van der Waals surface area contributed by atoms with Gasteiger partial charge in [0.1, 0.15) is 0 Å². The second-order valence-electron chi connectivity index (χ2n) is 5.33. The number of hydrogen-bond acceptors (Lipinski definition) is 6. The van der Waals surface area contributed by atoms with Gasteiger partial charge in [0.2, 0.25) is 17.6 Å². The van der Waals surface area contributed by atoms with E-state index >= 15 is 0 Å². The van der Waals surface area contributed by atoms with Crippen molar-refractivity contribution in [2.45, 2.75) is 26.4 Å². The molecule has 0 radical (unpaired) electrons. The third kappa shape index (κ3) is 4.74. The molecule has 0 bridgehead atoms. The molecule has 0 saturated heterocycles. The third-order valence-corrected chi connectivity index (χ3v) is 4.39. The Labute approximate surface area is 149 Å². The van der Waals surface area contributed by atoms with Gasteiger partial charge in [-0.1, -0.05) is 29.4 Å². The van der Waals surface area contributed by atoms with Crippen molar-refractivity contribution >= 4 is 22.9 Å². The quantitative estimate of drug-likeness (QED) is 0.661. The van der Waals surface area contributed by atoms with E-state index in [-0.39, 0.29) is 12.3 Å². The smallest absolute Gasteiger partial charge is 0.227 e. The second-order valence-corrected chi connectivity index (χ2v) is 6.28. The normalized spacial score (nSPS) is 10.8. The van der Waals surface area contributed by atoms with Gasteiger partial charge >= 0.3 is 0 Å². The maximum atomic E-state index is 12.2. The number of nitrogens with one attached hydrogen (secondary N) is 1. The zero-order valence-corrected chi connectivity index (χ0v) is 14.7. The number of amides is 1. The van der Waals surface area contributed by atoms with Crippen LogP contribution in [-0.4, -0.2) is 22.7 Å². The molecule has 3 aromatic rings. The fourth-order valence-corrected chi connectivity index (χ4v) is 2.92. The van der Waals surface area contributed by atoms with Crippen LogP contribution in [0.5, 0.6) is 0 Å². The van der Waals surface area contributed by atoms with E-state index in [4.69, 9.17) is 9.26 Å². The number of rotatable bonds is 8. The summed E-state index contributed by atoms with van der Waals surface area (Å²) in [4.78, 5) is 17.5. The number of nitrogens with zero attached hydrogens (tertiary/aromatic N) is 2. The maximum Gasteiger partial charge on any atom is 0.227 e. The summed E-state index contributed by atoms with van der Waals surface area (Å²) in [6, 6.07) is 11.5. The van der Waals surface area contributed by atoms with Crippen molar-refractivity contribution in [2.75, 3.05) is 11.9 Å². The van der Waals surface area contributed by atoms with E-state index in [0.29, 0.717) is 31.3 Å². The van der Waals surface area contributed by atoms with E-state index in [1.165, 1.54) is 0 Å². The predicted octanol–water partition coefficient (Wildman–Crippen LogP) is 3.91. The number of carbonyl (C=O) groups is 1. The average Bonchev–Trinajstić information content (AvgIpc) is 3.30. The SMILES string of the molecule is CCOCc1ccccc1NC(=O)CCc1nc(-c2cccs2)no1. The fourth-order valence-electron chi connectivity index (χ4n) is 2.28. The number of hydrogen-bond donors (Lipinski definition) is 1. The van der Waals surface area contributed by atoms with Gasteiger partial charge in [-0.2, -0.15) is 4.98 Å². The van der Waals surface area contributed by atoms with Crippen molar-refractivity contribution in [3.8, 4) is 10.7 Å². The molecule has 0 spiro atoms. The van der Waals surface area contributed by atoms with Crippen LogP contribution in [0.25, 0.3) is 10.7 Å². The summed E-state index contributed by atoms with van der Waals surface area (Å²) >= 11 is 1.55. The number of aromatic nitrogens is 2. The summed E-state index contributed by atoms with van der Waals surface area (Å²) < 4.78 is 10.6. The Bertz CT molecular complexity index is 815. The first kappa shape index (κ1) is 17.3. The lowest BCUT2D eigenvalue weighted by Crippen LogP contribution is -2.14. The van der Waals surface area contributed by atoms with E-state index in [9.17, 15) is 4.79 Å². The molecular formula is C18H19N3O3S. The van der Waals surface area contributed by atoms with E-state index in [1.807, 2.05) is 48.7 Å². The van der Waals surface area contributed by atoms with Crippen LogP contribution in [0.15, 0.2) is 46.3 Å². The van der Waals surface area contributed by atoms with E-state index in [2.05, 4.69) is 15.5 Å². The Morgan fingerprint density at radius 3 is 2.96 bits per heavy atom. The van der Waals surface area contributed by atoms with Crippen LogP contribution < -0.4 is 5.32 Å². The molecule has 7 heteroatoms. The van der Waals surface area contributed by atoms with Crippen LogP contribution in [-0.2, 0) is 22.6 Å². The van der Waals surface area contributed by atoms with Gasteiger partial charge in [0, 0.05) is 30.7 Å². The minimum Gasteiger partial charge on any atom is -0.377 e. The molecule has 0 atom stereocenters. The van der Waals surface area contributed by atoms with E-state index in [1.54, 1.807) is 11.3 Å². The minimum atomic E-state index is -0.0974. The van der Waals surface area contributed by atoms with Crippen LogP contribution in [0.1, 0.15) is 24.8 Å². The number of para-hydroxylation sites is 1. The van der Waals surface area contributed by atoms with E-state index in [0.717, 1.165) is 16.1 Å². The molecule has 6 nitrogen and oxygen atoms in total.